The van der Waals surface area contributed by atoms with Crippen molar-refractivity contribution in [3.63, 3.8) is 0 Å². The smallest absolute Gasteiger partial charge is 0.347 e. The summed E-state index contributed by atoms with van der Waals surface area (Å²) in [6, 6.07) is 0. The molecule has 33 heavy (non-hydrogen) atoms. The monoisotopic (exact) mass is 480 g/mol. The van der Waals surface area contributed by atoms with Gasteiger partial charge in [-0.05, 0) is 25.7 Å². The van der Waals surface area contributed by atoms with Crippen molar-refractivity contribution >= 4 is 9.05 Å². The molecule has 192 valence electrons. The summed E-state index contributed by atoms with van der Waals surface area (Å²) in [7, 11) is -3.27. The van der Waals surface area contributed by atoms with Crippen molar-refractivity contribution in [3.8, 4) is 0 Å². The van der Waals surface area contributed by atoms with Gasteiger partial charge in [-0.3, -0.25) is 0 Å². The molecule has 0 N–H and O–H groups in total. The van der Waals surface area contributed by atoms with Gasteiger partial charge in [0.1, 0.15) is 0 Å². The summed E-state index contributed by atoms with van der Waals surface area (Å²) in [4.78, 5) is 0. The highest BCUT2D eigenvalue weighted by Gasteiger charge is 2.45. The van der Waals surface area contributed by atoms with E-state index in [0.29, 0.717) is 26.4 Å². The maximum Gasteiger partial charge on any atom is 0.680 e. The van der Waals surface area contributed by atoms with Gasteiger partial charge >= 0.3 is 9.05 Å². The summed E-state index contributed by atoms with van der Waals surface area (Å²) in [5.74, 6) is 0. The van der Waals surface area contributed by atoms with E-state index in [9.17, 15) is 0 Å². The maximum absolute atomic E-state index is 6.18. The normalized spacial score (nSPS) is 14.4. The van der Waals surface area contributed by atoms with Gasteiger partial charge in [-0.25, -0.2) is 0 Å². The number of rotatable bonds is 24. The van der Waals surface area contributed by atoms with Gasteiger partial charge in [-0.2, -0.15) is 0 Å². The van der Waals surface area contributed by atoms with Crippen LogP contribution in [0.25, 0.3) is 0 Å². The molecular formula is C28H52O4Si. The minimum absolute atomic E-state index is 0.439. The quantitative estimate of drug-likeness (QED) is 0.0788. The first-order chi connectivity index (χ1) is 16.2. The van der Waals surface area contributed by atoms with Crippen LogP contribution < -0.4 is 0 Å². The van der Waals surface area contributed by atoms with Crippen LogP contribution in [0.4, 0.5) is 0 Å². The van der Waals surface area contributed by atoms with Crippen LogP contribution in [0.1, 0.15) is 105 Å². The Morgan fingerprint density at radius 2 is 0.636 bits per heavy atom. The van der Waals surface area contributed by atoms with Gasteiger partial charge < -0.3 is 17.7 Å². The van der Waals surface area contributed by atoms with Gasteiger partial charge in [0.25, 0.3) is 0 Å². The van der Waals surface area contributed by atoms with Crippen LogP contribution in [-0.2, 0) is 17.7 Å². The Bertz CT molecular complexity index is 421. The molecule has 0 fully saturated rings. The lowest BCUT2D eigenvalue weighted by Crippen LogP contribution is -2.49. The first kappa shape index (κ1) is 32.0. The van der Waals surface area contributed by atoms with E-state index in [1.807, 2.05) is 0 Å². The second-order valence-corrected chi connectivity index (χ2v) is 10.4. The molecule has 0 spiro atoms. The van der Waals surface area contributed by atoms with Crippen LogP contribution in [0.5, 0.6) is 0 Å². The zero-order valence-electron chi connectivity index (χ0n) is 22.1. The van der Waals surface area contributed by atoms with E-state index in [0.717, 1.165) is 25.7 Å². The summed E-state index contributed by atoms with van der Waals surface area (Å²) in [5, 5.41) is 0. The van der Waals surface area contributed by atoms with Crippen molar-refractivity contribution in [2.75, 3.05) is 26.4 Å². The largest absolute Gasteiger partial charge is 0.680 e. The highest BCUT2D eigenvalue weighted by Crippen LogP contribution is 2.14. The van der Waals surface area contributed by atoms with Crippen LogP contribution in [0, 0.1) is 0 Å². The Balaban J connectivity index is 5.09. The lowest BCUT2D eigenvalue weighted by molar-refractivity contribution is -0.0119. The molecule has 0 aliphatic heterocycles. The van der Waals surface area contributed by atoms with E-state index in [1.165, 1.54) is 51.4 Å². The molecule has 0 saturated heterocycles. The second kappa shape index (κ2) is 25.6. The predicted octanol–water partition coefficient (Wildman–Crippen LogP) is 8.47. The molecular weight excluding hydrogens is 428 g/mol. The minimum Gasteiger partial charge on any atom is -0.347 e. The molecule has 0 radical (unpaired) electrons. The number of hydrogen-bond acceptors (Lipinski definition) is 4. The third-order valence-corrected chi connectivity index (χ3v) is 7.07. The van der Waals surface area contributed by atoms with Gasteiger partial charge in [-0.1, -0.05) is 128 Å². The zero-order valence-corrected chi connectivity index (χ0v) is 23.1. The molecule has 0 heterocycles. The Labute approximate surface area is 206 Å². The molecule has 0 aromatic rings. The van der Waals surface area contributed by atoms with Crippen LogP contribution in [0.3, 0.4) is 0 Å². The van der Waals surface area contributed by atoms with Crippen molar-refractivity contribution in [2.24, 2.45) is 0 Å². The SMILES string of the molecule is CCCCC=CCO[Si](OCC=CCCCC)(OCC=CCCCC)OCC=CCCCC. The fourth-order valence-electron chi connectivity index (χ4n) is 2.88. The fraction of sp³-hybridized carbons (Fsp3) is 0.714. The standard InChI is InChI=1S/C28H52O4Si/c1-5-9-13-17-21-25-29-33(30-26-22-18-14-10-6-2,31-27-23-19-15-11-7-3)32-28-24-20-16-12-8-4/h17-24H,5-16,25-28H2,1-4H3. The van der Waals surface area contributed by atoms with E-state index in [1.54, 1.807) is 0 Å². The molecule has 0 aromatic heterocycles. The van der Waals surface area contributed by atoms with Crippen molar-refractivity contribution in [3.05, 3.63) is 48.6 Å². The molecule has 0 amide bonds. The van der Waals surface area contributed by atoms with Crippen LogP contribution >= 0.6 is 0 Å². The van der Waals surface area contributed by atoms with Crippen LogP contribution in [-0.4, -0.2) is 35.5 Å². The average Bonchev–Trinajstić information content (AvgIpc) is 2.83. The fourth-order valence-corrected chi connectivity index (χ4v) is 4.58. The second-order valence-electron chi connectivity index (χ2n) is 8.20. The Morgan fingerprint density at radius 3 is 0.848 bits per heavy atom. The van der Waals surface area contributed by atoms with Gasteiger partial charge in [0.05, 0.1) is 26.4 Å². The first-order valence-electron chi connectivity index (χ1n) is 13.4. The Morgan fingerprint density at radius 1 is 0.394 bits per heavy atom. The Kier molecular flexibility index (Phi) is 24.9. The van der Waals surface area contributed by atoms with Gasteiger partial charge in [0.15, 0.2) is 0 Å². The number of unbranched alkanes of at least 4 members (excludes halogenated alkanes) is 8. The van der Waals surface area contributed by atoms with Crippen LogP contribution in [0.2, 0.25) is 0 Å². The molecule has 0 unspecified atom stereocenters. The predicted molar refractivity (Wildman–Crippen MR) is 144 cm³/mol. The molecule has 4 nitrogen and oxygen atoms in total. The lowest BCUT2D eigenvalue weighted by atomic mass is 10.2. The molecule has 0 aliphatic carbocycles. The molecule has 0 atom stereocenters. The van der Waals surface area contributed by atoms with E-state index in [2.05, 4.69) is 76.3 Å². The lowest BCUT2D eigenvalue weighted by Gasteiger charge is -2.26. The highest BCUT2D eigenvalue weighted by molar-refractivity contribution is 6.53. The summed E-state index contributed by atoms with van der Waals surface area (Å²) >= 11 is 0. The summed E-state index contributed by atoms with van der Waals surface area (Å²) in [5.41, 5.74) is 0. The third kappa shape index (κ3) is 21.3. The average molecular weight is 481 g/mol. The molecule has 0 rings (SSSR count). The summed E-state index contributed by atoms with van der Waals surface area (Å²) in [6.07, 6.45) is 30.7. The van der Waals surface area contributed by atoms with E-state index >= 15 is 0 Å². The zero-order chi connectivity index (χ0) is 24.3. The van der Waals surface area contributed by atoms with E-state index in [4.69, 9.17) is 17.7 Å². The van der Waals surface area contributed by atoms with Crippen molar-refractivity contribution in [1.29, 1.82) is 0 Å². The third-order valence-electron chi connectivity index (χ3n) is 4.99. The van der Waals surface area contributed by atoms with Crippen LogP contribution in [0.15, 0.2) is 48.6 Å². The molecule has 5 heteroatoms. The maximum atomic E-state index is 6.18. The Hall–Kier alpha value is -0.983. The molecule has 0 aliphatic rings. The van der Waals surface area contributed by atoms with Crippen molar-refractivity contribution < 1.29 is 17.7 Å². The van der Waals surface area contributed by atoms with Gasteiger partial charge in [0, 0.05) is 0 Å². The minimum atomic E-state index is -3.27. The molecule has 0 bridgehead atoms. The molecule has 0 saturated carbocycles. The van der Waals surface area contributed by atoms with Crippen molar-refractivity contribution in [2.45, 2.75) is 105 Å². The summed E-state index contributed by atoms with van der Waals surface area (Å²) < 4.78 is 24.7. The number of hydrogen-bond donors (Lipinski definition) is 0. The van der Waals surface area contributed by atoms with Crippen molar-refractivity contribution in [1.82, 2.24) is 0 Å². The first-order valence-corrected chi connectivity index (χ1v) is 15.0. The van der Waals surface area contributed by atoms with Gasteiger partial charge in [-0.15, -0.1) is 0 Å². The number of allylic oxidation sites excluding steroid dienone is 4. The van der Waals surface area contributed by atoms with Gasteiger partial charge in [0.2, 0.25) is 0 Å². The summed E-state index contributed by atoms with van der Waals surface area (Å²) in [6.45, 7) is 10.6. The molecule has 0 aromatic carbocycles. The highest BCUT2D eigenvalue weighted by atomic mass is 28.4. The van der Waals surface area contributed by atoms with E-state index < -0.39 is 9.05 Å². The topological polar surface area (TPSA) is 36.9 Å². The van der Waals surface area contributed by atoms with E-state index in [-0.39, 0.29) is 0 Å².